The first kappa shape index (κ1) is 17.8. The minimum atomic E-state index is -3.08. The van der Waals surface area contributed by atoms with Crippen molar-refractivity contribution in [3.8, 4) is 0 Å². The van der Waals surface area contributed by atoms with E-state index in [1.807, 2.05) is 42.5 Å². The smallest absolute Gasteiger partial charge is 0.227 e. The summed E-state index contributed by atoms with van der Waals surface area (Å²) < 4.78 is 29.2. The molecule has 1 saturated heterocycles. The van der Waals surface area contributed by atoms with Gasteiger partial charge in [-0.05, 0) is 34.9 Å². The fraction of sp³-hybridized carbons (Fsp3) is 0.286. The number of carbonyl (C=O) groups excluding carboxylic acids is 1. The first-order valence-electron chi connectivity index (χ1n) is 9.00. The molecule has 1 aromatic heterocycles. The van der Waals surface area contributed by atoms with Crippen molar-refractivity contribution in [1.29, 1.82) is 0 Å². The maximum absolute atomic E-state index is 13.1. The molecule has 1 unspecified atom stereocenters. The van der Waals surface area contributed by atoms with E-state index in [2.05, 4.69) is 0 Å². The second-order valence-electron chi connectivity index (χ2n) is 7.02. The molecule has 6 heteroatoms. The van der Waals surface area contributed by atoms with E-state index >= 15 is 0 Å². The van der Waals surface area contributed by atoms with E-state index in [9.17, 15) is 13.2 Å². The quantitative estimate of drug-likeness (QED) is 0.679. The van der Waals surface area contributed by atoms with Gasteiger partial charge in [-0.15, -0.1) is 0 Å². The van der Waals surface area contributed by atoms with E-state index < -0.39 is 9.84 Å². The maximum atomic E-state index is 13.1. The third-order valence-electron chi connectivity index (χ3n) is 5.05. The summed E-state index contributed by atoms with van der Waals surface area (Å²) in [4.78, 5) is 14.7. The summed E-state index contributed by atoms with van der Waals surface area (Å²) in [6.07, 6.45) is 2.28. The van der Waals surface area contributed by atoms with Crippen LogP contribution in [-0.2, 0) is 27.6 Å². The lowest BCUT2D eigenvalue weighted by Gasteiger charge is -2.27. The Morgan fingerprint density at radius 3 is 2.59 bits per heavy atom. The summed E-state index contributed by atoms with van der Waals surface area (Å²) in [6.45, 7) is 0.291. The molecule has 0 radical (unpaired) electrons. The highest BCUT2D eigenvalue weighted by atomic mass is 32.2. The largest absolute Gasteiger partial charge is 0.467 e. The number of carbonyl (C=O) groups is 1. The van der Waals surface area contributed by atoms with Gasteiger partial charge in [0.25, 0.3) is 0 Å². The number of benzene rings is 2. The van der Waals surface area contributed by atoms with Crippen molar-refractivity contribution in [2.45, 2.75) is 25.4 Å². The van der Waals surface area contributed by atoms with Gasteiger partial charge in [-0.1, -0.05) is 42.5 Å². The van der Waals surface area contributed by atoms with Crippen molar-refractivity contribution < 1.29 is 17.6 Å². The van der Waals surface area contributed by atoms with Crippen LogP contribution in [0, 0.1) is 0 Å². The zero-order valence-electron chi connectivity index (χ0n) is 14.9. The molecule has 1 aliphatic heterocycles. The Morgan fingerprint density at radius 2 is 1.89 bits per heavy atom. The lowest BCUT2D eigenvalue weighted by Crippen LogP contribution is -2.41. The highest BCUT2D eigenvalue weighted by Gasteiger charge is 2.35. The van der Waals surface area contributed by atoms with Crippen LogP contribution >= 0.6 is 0 Å². The van der Waals surface area contributed by atoms with Crippen LogP contribution in [0.5, 0.6) is 0 Å². The molecule has 5 nitrogen and oxygen atoms in total. The second kappa shape index (κ2) is 7.19. The van der Waals surface area contributed by atoms with E-state index in [0.29, 0.717) is 18.7 Å². The van der Waals surface area contributed by atoms with Gasteiger partial charge in [0.05, 0.1) is 30.7 Å². The van der Waals surface area contributed by atoms with Gasteiger partial charge in [0.2, 0.25) is 5.91 Å². The summed E-state index contributed by atoms with van der Waals surface area (Å²) in [5.74, 6) is 0.738. The molecule has 1 atom stereocenters. The van der Waals surface area contributed by atoms with E-state index in [4.69, 9.17) is 4.42 Å². The van der Waals surface area contributed by atoms with Gasteiger partial charge in [-0.25, -0.2) is 8.42 Å². The van der Waals surface area contributed by atoms with Gasteiger partial charge < -0.3 is 9.32 Å². The standard InChI is InChI=1S/C21H21NO4S/c23-21(13-16-7-8-17-4-1-2-5-18(17)12-16)22(14-20-6-3-10-26-20)19-9-11-27(24,25)15-19/h1-8,10,12,19H,9,11,13-15H2. The number of hydrogen-bond donors (Lipinski definition) is 0. The Bertz CT molecular complexity index is 1060. The van der Waals surface area contributed by atoms with Crippen molar-refractivity contribution in [2.24, 2.45) is 0 Å². The molecule has 0 saturated carbocycles. The average Bonchev–Trinajstić information content (AvgIpc) is 3.28. The zero-order valence-corrected chi connectivity index (χ0v) is 15.7. The molecule has 3 aromatic rings. The topological polar surface area (TPSA) is 67.6 Å². The number of nitrogens with zero attached hydrogens (tertiary/aromatic N) is 1. The van der Waals surface area contributed by atoms with Crippen LogP contribution in [0.25, 0.3) is 10.8 Å². The lowest BCUT2D eigenvalue weighted by atomic mass is 10.0. The molecule has 140 valence electrons. The van der Waals surface area contributed by atoms with Gasteiger partial charge in [0.15, 0.2) is 9.84 Å². The van der Waals surface area contributed by atoms with E-state index in [1.165, 1.54) is 0 Å². The minimum absolute atomic E-state index is 0.0250. The number of hydrogen-bond acceptors (Lipinski definition) is 4. The Kier molecular flexibility index (Phi) is 4.74. The average molecular weight is 383 g/mol. The Balaban J connectivity index is 1.57. The Morgan fingerprint density at radius 1 is 1.07 bits per heavy atom. The van der Waals surface area contributed by atoms with Gasteiger partial charge in [-0.2, -0.15) is 0 Å². The highest BCUT2D eigenvalue weighted by Crippen LogP contribution is 2.22. The first-order chi connectivity index (χ1) is 13.0. The number of furan rings is 1. The summed E-state index contributed by atoms with van der Waals surface area (Å²) in [7, 11) is -3.08. The van der Waals surface area contributed by atoms with Gasteiger partial charge in [0.1, 0.15) is 5.76 Å². The molecule has 1 fully saturated rings. The molecule has 27 heavy (non-hydrogen) atoms. The second-order valence-corrected chi connectivity index (χ2v) is 9.24. The molecule has 2 aromatic carbocycles. The SMILES string of the molecule is O=C(Cc1ccc2ccccc2c1)N(Cc1ccco1)C1CCS(=O)(=O)C1. The monoisotopic (exact) mass is 383 g/mol. The molecule has 4 rings (SSSR count). The van der Waals surface area contributed by atoms with Crippen molar-refractivity contribution in [2.75, 3.05) is 11.5 Å². The van der Waals surface area contributed by atoms with E-state index in [0.717, 1.165) is 16.3 Å². The van der Waals surface area contributed by atoms with Crippen molar-refractivity contribution >= 4 is 26.5 Å². The van der Waals surface area contributed by atoms with Crippen LogP contribution in [0.3, 0.4) is 0 Å². The lowest BCUT2D eigenvalue weighted by molar-refractivity contribution is -0.133. The Hall–Kier alpha value is -2.60. The van der Waals surface area contributed by atoms with Crippen molar-refractivity contribution in [3.63, 3.8) is 0 Å². The number of sulfone groups is 1. The molecule has 1 aliphatic rings. The molecule has 0 spiro atoms. The van der Waals surface area contributed by atoms with Crippen molar-refractivity contribution in [3.05, 3.63) is 72.2 Å². The van der Waals surface area contributed by atoms with Crippen LogP contribution in [0.1, 0.15) is 17.7 Å². The van der Waals surface area contributed by atoms with Crippen LogP contribution in [0.15, 0.2) is 65.3 Å². The van der Waals surface area contributed by atoms with E-state index in [-0.39, 0.29) is 29.9 Å². The third-order valence-corrected chi connectivity index (χ3v) is 6.80. The molecular formula is C21H21NO4S. The van der Waals surface area contributed by atoms with E-state index in [1.54, 1.807) is 23.3 Å². The van der Waals surface area contributed by atoms with Gasteiger partial charge in [0, 0.05) is 6.04 Å². The van der Waals surface area contributed by atoms with Crippen LogP contribution < -0.4 is 0 Å². The first-order valence-corrected chi connectivity index (χ1v) is 10.8. The number of rotatable bonds is 5. The summed E-state index contributed by atoms with van der Waals surface area (Å²) >= 11 is 0. The summed E-state index contributed by atoms with van der Waals surface area (Å²) in [6, 6.07) is 17.3. The molecular weight excluding hydrogens is 362 g/mol. The fourth-order valence-electron chi connectivity index (χ4n) is 3.64. The molecule has 0 bridgehead atoms. The fourth-order valence-corrected chi connectivity index (χ4v) is 5.37. The maximum Gasteiger partial charge on any atom is 0.227 e. The number of fused-ring (bicyclic) bond motifs is 1. The highest BCUT2D eigenvalue weighted by molar-refractivity contribution is 7.91. The Labute approximate surface area is 158 Å². The predicted molar refractivity (Wildman–Crippen MR) is 104 cm³/mol. The van der Waals surface area contributed by atoms with Crippen LogP contribution in [-0.4, -0.2) is 36.8 Å². The third kappa shape index (κ3) is 4.06. The van der Waals surface area contributed by atoms with Crippen LogP contribution in [0.4, 0.5) is 0 Å². The minimum Gasteiger partial charge on any atom is -0.467 e. The van der Waals surface area contributed by atoms with Gasteiger partial charge in [-0.3, -0.25) is 4.79 Å². The predicted octanol–water partition coefficient (Wildman–Crippen LogP) is 3.19. The van der Waals surface area contributed by atoms with Gasteiger partial charge >= 0.3 is 0 Å². The van der Waals surface area contributed by atoms with Crippen molar-refractivity contribution in [1.82, 2.24) is 4.90 Å². The zero-order chi connectivity index (χ0) is 18.9. The van der Waals surface area contributed by atoms with Crippen LogP contribution in [0.2, 0.25) is 0 Å². The summed E-state index contributed by atoms with van der Waals surface area (Å²) in [5.41, 5.74) is 0.920. The number of amides is 1. The molecule has 0 aliphatic carbocycles. The normalized spacial score (nSPS) is 18.6. The molecule has 1 amide bonds. The molecule has 2 heterocycles. The molecule has 0 N–H and O–H groups in total. The summed E-state index contributed by atoms with van der Waals surface area (Å²) in [5, 5.41) is 2.21.